The minimum Gasteiger partial charge on any atom is -0.479 e. The van der Waals surface area contributed by atoms with Gasteiger partial charge in [0.15, 0.2) is 6.61 Å². The lowest BCUT2D eigenvalue weighted by Crippen LogP contribution is -2.06. The zero-order valence-corrected chi connectivity index (χ0v) is 13.3. The first-order valence-electron chi connectivity index (χ1n) is 7.46. The first kappa shape index (κ1) is 15.6. The maximum atomic E-state index is 12.5. The number of rotatable bonds is 5. The lowest BCUT2D eigenvalue weighted by Gasteiger charge is -2.04. The monoisotopic (exact) mass is 320 g/mol. The van der Waals surface area contributed by atoms with Gasteiger partial charge in [-0.25, -0.2) is 4.79 Å². The molecule has 2 heterocycles. The fourth-order valence-electron chi connectivity index (χ4n) is 2.60. The molecule has 5 nitrogen and oxygen atoms in total. The molecule has 0 atom stereocenters. The highest BCUT2D eigenvalue weighted by Gasteiger charge is 2.19. The molecule has 0 fully saturated rings. The lowest BCUT2D eigenvalue weighted by atomic mass is 10.1. The summed E-state index contributed by atoms with van der Waals surface area (Å²) in [7, 11) is 0. The van der Waals surface area contributed by atoms with Crippen LogP contribution in [0.25, 0.3) is 16.4 Å². The number of ether oxygens (including phenoxy) is 2. The van der Waals surface area contributed by atoms with E-state index in [0.717, 1.165) is 22.0 Å². The summed E-state index contributed by atoms with van der Waals surface area (Å²) in [5, 5.41) is 9.42. The molecule has 120 valence electrons. The Morgan fingerprint density at radius 2 is 2.12 bits per heavy atom. The summed E-state index contributed by atoms with van der Waals surface area (Å²) < 4.78 is 12.6. The third-order valence-corrected chi connectivity index (χ3v) is 3.57. The molecule has 0 saturated carbocycles. The van der Waals surface area contributed by atoms with Crippen LogP contribution in [0.3, 0.4) is 0 Å². The van der Waals surface area contributed by atoms with Crippen LogP contribution in [-0.2, 0) is 4.74 Å². The zero-order valence-electron chi connectivity index (χ0n) is 13.3. The number of hydrogen-bond donors (Lipinski definition) is 0. The molecule has 0 spiro atoms. The van der Waals surface area contributed by atoms with Gasteiger partial charge in [0.2, 0.25) is 0 Å². The van der Waals surface area contributed by atoms with Crippen LogP contribution in [0.4, 0.5) is 0 Å². The minimum absolute atomic E-state index is 0.0255. The maximum absolute atomic E-state index is 12.5. The number of esters is 1. The van der Waals surface area contributed by atoms with Crippen LogP contribution < -0.4 is 4.74 Å². The number of nitrogens with zero attached hydrogens (tertiary/aromatic N) is 2. The Bertz CT molecular complexity index is 979. The Balaban J connectivity index is 2.14. The van der Waals surface area contributed by atoms with Crippen LogP contribution in [0.1, 0.15) is 17.3 Å². The summed E-state index contributed by atoms with van der Waals surface area (Å²) in [6.07, 6.45) is 1.88. The molecule has 0 N–H and O–H groups in total. The Kier molecular flexibility index (Phi) is 4.21. The van der Waals surface area contributed by atoms with Crippen molar-refractivity contribution >= 4 is 22.4 Å². The van der Waals surface area contributed by atoms with Gasteiger partial charge in [-0.1, -0.05) is 12.6 Å². The van der Waals surface area contributed by atoms with Crippen LogP contribution >= 0.6 is 0 Å². The van der Waals surface area contributed by atoms with Crippen molar-refractivity contribution in [2.45, 2.75) is 6.92 Å². The second-order valence-corrected chi connectivity index (χ2v) is 5.49. The Hall–Kier alpha value is -3.26. The van der Waals surface area contributed by atoms with E-state index < -0.39 is 0 Å². The van der Waals surface area contributed by atoms with E-state index in [4.69, 9.17) is 14.7 Å². The lowest BCUT2D eigenvalue weighted by molar-refractivity contribution is 0.0545. The van der Waals surface area contributed by atoms with Crippen molar-refractivity contribution in [3.63, 3.8) is 0 Å². The van der Waals surface area contributed by atoms with Gasteiger partial charge in [0.25, 0.3) is 0 Å². The van der Waals surface area contributed by atoms with Gasteiger partial charge in [0, 0.05) is 17.6 Å². The standard InChI is InChI=1S/C19H16N2O3/c1-13(2)12-24-19(22)18-15-7-6-14(23-10-8-20)11-17(15)21-9-4-3-5-16(18)21/h3-7,9,11H,1,10,12H2,2H3. The molecule has 24 heavy (non-hydrogen) atoms. The van der Waals surface area contributed by atoms with Crippen LogP contribution in [0.5, 0.6) is 5.75 Å². The minimum atomic E-state index is -0.387. The Morgan fingerprint density at radius 1 is 1.29 bits per heavy atom. The summed E-state index contributed by atoms with van der Waals surface area (Å²) in [5.74, 6) is 0.191. The van der Waals surface area contributed by atoms with E-state index in [1.165, 1.54) is 0 Å². The van der Waals surface area contributed by atoms with Gasteiger partial charge in [0.1, 0.15) is 18.4 Å². The van der Waals surface area contributed by atoms with E-state index in [1.54, 1.807) is 6.07 Å². The van der Waals surface area contributed by atoms with E-state index in [9.17, 15) is 4.79 Å². The molecule has 1 aromatic carbocycles. The van der Waals surface area contributed by atoms with E-state index in [0.29, 0.717) is 11.3 Å². The Morgan fingerprint density at radius 3 is 2.88 bits per heavy atom. The molecule has 2 aromatic heterocycles. The number of carbonyl (C=O) groups excluding carboxylic acids is 1. The molecule has 0 aliphatic heterocycles. The molecule has 3 rings (SSSR count). The van der Waals surface area contributed by atoms with E-state index in [2.05, 4.69) is 6.58 Å². The fraction of sp³-hybridized carbons (Fsp3) is 0.158. The van der Waals surface area contributed by atoms with Gasteiger partial charge >= 0.3 is 5.97 Å². The summed E-state index contributed by atoms with van der Waals surface area (Å²) in [6.45, 7) is 5.72. The van der Waals surface area contributed by atoms with Gasteiger partial charge in [-0.15, -0.1) is 0 Å². The van der Waals surface area contributed by atoms with Gasteiger partial charge in [-0.2, -0.15) is 5.26 Å². The maximum Gasteiger partial charge on any atom is 0.341 e. The largest absolute Gasteiger partial charge is 0.479 e. The molecular weight excluding hydrogens is 304 g/mol. The molecule has 0 amide bonds. The summed E-state index contributed by atoms with van der Waals surface area (Å²) >= 11 is 0. The molecule has 0 unspecified atom stereocenters. The van der Waals surface area contributed by atoms with Crippen molar-refractivity contribution in [3.8, 4) is 11.8 Å². The third-order valence-electron chi connectivity index (χ3n) is 3.57. The molecule has 0 radical (unpaired) electrons. The number of fused-ring (bicyclic) bond motifs is 3. The predicted molar refractivity (Wildman–Crippen MR) is 91.1 cm³/mol. The molecule has 0 aliphatic rings. The third kappa shape index (κ3) is 2.82. The molecule has 5 heteroatoms. The highest BCUT2D eigenvalue weighted by molar-refractivity contribution is 6.12. The van der Waals surface area contributed by atoms with Crippen LogP contribution in [-0.4, -0.2) is 23.6 Å². The SMILES string of the molecule is C=C(C)COC(=O)c1c2ccc(OCC#N)cc2n2ccccc12. The number of hydrogen-bond acceptors (Lipinski definition) is 4. The fourth-order valence-corrected chi connectivity index (χ4v) is 2.60. The van der Waals surface area contributed by atoms with Crippen molar-refractivity contribution in [2.75, 3.05) is 13.2 Å². The van der Waals surface area contributed by atoms with Gasteiger partial charge in [-0.05, 0) is 36.8 Å². The van der Waals surface area contributed by atoms with Crippen LogP contribution in [0, 0.1) is 11.3 Å². The molecule has 0 aliphatic carbocycles. The number of pyridine rings is 1. The summed E-state index contributed by atoms with van der Waals surface area (Å²) in [6, 6.07) is 12.9. The topological polar surface area (TPSA) is 63.7 Å². The first-order valence-corrected chi connectivity index (χ1v) is 7.46. The highest BCUT2D eigenvalue weighted by atomic mass is 16.5. The average Bonchev–Trinajstić information content (AvgIpc) is 2.91. The van der Waals surface area contributed by atoms with Gasteiger partial charge < -0.3 is 13.9 Å². The van der Waals surface area contributed by atoms with Crippen LogP contribution in [0.15, 0.2) is 54.7 Å². The van der Waals surface area contributed by atoms with Crippen molar-refractivity contribution in [1.29, 1.82) is 5.26 Å². The highest BCUT2D eigenvalue weighted by Crippen LogP contribution is 2.30. The van der Waals surface area contributed by atoms with Crippen LogP contribution in [0.2, 0.25) is 0 Å². The summed E-state index contributed by atoms with van der Waals surface area (Å²) in [5.41, 5.74) is 2.88. The first-order chi connectivity index (χ1) is 11.6. The van der Waals surface area contributed by atoms with E-state index in [-0.39, 0.29) is 19.2 Å². The average molecular weight is 320 g/mol. The number of carbonyl (C=O) groups is 1. The molecule has 0 saturated heterocycles. The number of benzene rings is 1. The molecule has 3 aromatic rings. The van der Waals surface area contributed by atoms with Crippen molar-refractivity contribution in [2.24, 2.45) is 0 Å². The second kappa shape index (κ2) is 6.47. The molecule has 0 bridgehead atoms. The van der Waals surface area contributed by atoms with Crippen molar-refractivity contribution in [3.05, 3.63) is 60.3 Å². The summed E-state index contributed by atoms with van der Waals surface area (Å²) in [4.78, 5) is 12.5. The van der Waals surface area contributed by atoms with Crippen molar-refractivity contribution < 1.29 is 14.3 Å². The second-order valence-electron chi connectivity index (χ2n) is 5.49. The van der Waals surface area contributed by atoms with Gasteiger partial charge in [0.05, 0.1) is 16.6 Å². The Labute approximate surface area is 139 Å². The van der Waals surface area contributed by atoms with Crippen molar-refractivity contribution in [1.82, 2.24) is 4.40 Å². The molecular formula is C19H16N2O3. The number of nitriles is 1. The number of aromatic nitrogens is 1. The van der Waals surface area contributed by atoms with E-state index >= 15 is 0 Å². The quantitative estimate of drug-likeness (QED) is 0.531. The predicted octanol–water partition coefficient (Wildman–Crippen LogP) is 3.73. The van der Waals surface area contributed by atoms with E-state index in [1.807, 2.05) is 53.9 Å². The normalized spacial score (nSPS) is 10.5. The smallest absolute Gasteiger partial charge is 0.341 e. The zero-order chi connectivity index (χ0) is 17.1. The van der Waals surface area contributed by atoms with Gasteiger partial charge in [-0.3, -0.25) is 0 Å².